The van der Waals surface area contributed by atoms with Crippen LogP contribution < -0.4 is 4.90 Å². The van der Waals surface area contributed by atoms with Crippen LogP contribution in [0.1, 0.15) is 16.8 Å². The van der Waals surface area contributed by atoms with Crippen LogP contribution in [0.5, 0.6) is 0 Å². The van der Waals surface area contributed by atoms with E-state index in [2.05, 4.69) is 4.74 Å². The molecule has 6 heteroatoms. The second-order valence-electron chi connectivity index (χ2n) is 3.93. The van der Waals surface area contributed by atoms with Gasteiger partial charge in [-0.2, -0.15) is 5.26 Å². The largest absolute Gasteiger partial charge is 0.465 e. The van der Waals surface area contributed by atoms with Gasteiger partial charge in [-0.3, -0.25) is 4.90 Å². The molecule has 1 aliphatic rings. The molecule has 1 atom stereocenters. The lowest BCUT2D eigenvalue weighted by molar-refractivity contribution is 0.0601. The number of nitrogens with zero attached hydrogens (tertiary/aromatic N) is 2. The molecule has 0 saturated carbocycles. The molecule has 1 unspecified atom stereocenters. The van der Waals surface area contributed by atoms with Crippen molar-refractivity contribution in [3.63, 3.8) is 0 Å². The number of hydrogen-bond acceptors (Lipinski definition) is 5. The molecule has 1 aliphatic heterocycles. The summed E-state index contributed by atoms with van der Waals surface area (Å²) >= 11 is 0. The fourth-order valence-corrected chi connectivity index (χ4v) is 1.94. The van der Waals surface area contributed by atoms with Gasteiger partial charge in [0.15, 0.2) is 0 Å². The Morgan fingerprint density at radius 1 is 1.53 bits per heavy atom. The zero-order valence-corrected chi connectivity index (χ0v) is 10.3. The number of benzene rings is 1. The highest BCUT2D eigenvalue weighted by atomic mass is 16.6. The number of ether oxygens (including phenoxy) is 2. The number of carbonyl (C=O) groups excluding carboxylic acids is 2. The van der Waals surface area contributed by atoms with Crippen LogP contribution in [-0.4, -0.2) is 31.8 Å². The van der Waals surface area contributed by atoms with Gasteiger partial charge in [0.1, 0.15) is 6.04 Å². The lowest BCUT2D eigenvalue weighted by Crippen LogP contribution is -2.45. The van der Waals surface area contributed by atoms with Gasteiger partial charge in [-0.25, -0.2) is 9.59 Å². The number of nitriles is 1. The van der Waals surface area contributed by atoms with Gasteiger partial charge in [0, 0.05) is 6.42 Å². The highest BCUT2D eigenvalue weighted by molar-refractivity contribution is 6.01. The van der Waals surface area contributed by atoms with E-state index in [-0.39, 0.29) is 12.2 Å². The number of methoxy groups -OCH3 is 1. The number of amides is 1. The molecule has 1 aromatic rings. The van der Waals surface area contributed by atoms with Crippen molar-refractivity contribution < 1.29 is 19.1 Å². The standard InChI is InChI=1S/C13H12N2O4/c1-18-12(16)10-4-2-3-5-11(10)15-9(8-14)6-7-19-13(15)17/h2-5,9H,6-7H2,1H3. The van der Waals surface area contributed by atoms with Gasteiger partial charge in [-0.15, -0.1) is 0 Å². The predicted molar refractivity (Wildman–Crippen MR) is 65.6 cm³/mol. The maximum absolute atomic E-state index is 11.8. The average molecular weight is 260 g/mol. The number of esters is 1. The molecule has 98 valence electrons. The fourth-order valence-electron chi connectivity index (χ4n) is 1.94. The summed E-state index contributed by atoms with van der Waals surface area (Å²) in [6.07, 6.45) is -0.230. The zero-order chi connectivity index (χ0) is 13.8. The number of cyclic esters (lactones) is 1. The van der Waals surface area contributed by atoms with Gasteiger partial charge < -0.3 is 9.47 Å². The molecule has 0 radical (unpaired) electrons. The Bertz CT molecular complexity index is 550. The predicted octanol–water partition coefficient (Wildman–Crippen LogP) is 1.71. The monoisotopic (exact) mass is 260 g/mol. The van der Waals surface area contributed by atoms with Crippen LogP contribution >= 0.6 is 0 Å². The molecular weight excluding hydrogens is 248 g/mol. The summed E-state index contributed by atoms with van der Waals surface area (Å²) in [6, 6.07) is 7.86. The number of carbonyl (C=O) groups is 2. The van der Waals surface area contributed by atoms with Crippen molar-refractivity contribution in [3.05, 3.63) is 29.8 Å². The molecule has 1 heterocycles. The first kappa shape index (κ1) is 12.9. The molecule has 0 spiro atoms. The molecule has 1 aromatic carbocycles. The van der Waals surface area contributed by atoms with Crippen LogP contribution in [-0.2, 0) is 9.47 Å². The molecule has 1 fully saturated rings. The minimum atomic E-state index is -0.646. The van der Waals surface area contributed by atoms with E-state index in [4.69, 9.17) is 10.00 Å². The first-order valence-electron chi connectivity index (χ1n) is 5.72. The van der Waals surface area contributed by atoms with E-state index < -0.39 is 18.1 Å². The molecule has 1 saturated heterocycles. The second kappa shape index (κ2) is 5.40. The van der Waals surface area contributed by atoms with Gasteiger partial charge in [-0.1, -0.05) is 12.1 Å². The van der Waals surface area contributed by atoms with Crippen molar-refractivity contribution in [1.29, 1.82) is 5.26 Å². The molecule has 2 rings (SSSR count). The summed E-state index contributed by atoms with van der Waals surface area (Å²) in [7, 11) is 1.26. The summed E-state index contributed by atoms with van der Waals surface area (Å²) in [5.74, 6) is -0.564. The molecule has 1 amide bonds. The van der Waals surface area contributed by atoms with Crippen molar-refractivity contribution in [3.8, 4) is 6.07 Å². The number of hydrogen-bond donors (Lipinski definition) is 0. The lowest BCUT2D eigenvalue weighted by Gasteiger charge is -2.31. The molecular formula is C13H12N2O4. The maximum Gasteiger partial charge on any atom is 0.415 e. The van der Waals surface area contributed by atoms with Crippen LogP contribution in [0, 0.1) is 11.3 Å². The summed E-state index contributed by atoms with van der Waals surface area (Å²) in [4.78, 5) is 24.7. The summed E-state index contributed by atoms with van der Waals surface area (Å²) in [5, 5.41) is 9.11. The molecule has 0 aromatic heterocycles. The fraction of sp³-hybridized carbons (Fsp3) is 0.308. The van der Waals surface area contributed by atoms with Crippen molar-refractivity contribution >= 4 is 17.7 Å². The van der Waals surface area contributed by atoms with E-state index >= 15 is 0 Å². The first-order chi connectivity index (χ1) is 9.19. The Morgan fingerprint density at radius 3 is 2.95 bits per heavy atom. The minimum absolute atomic E-state index is 0.202. The quantitative estimate of drug-likeness (QED) is 0.756. The van der Waals surface area contributed by atoms with E-state index in [0.717, 1.165) is 0 Å². The van der Waals surface area contributed by atoms with Crippen LogP contribution in [0.4, 0.5) is 10.5 Å². The number of anilines is 1. The molecule has 0 aliphatic carbocycles. The highest BCUT2D eigenvalue weighted by Crippen LogP contribution is 2.27. The van der Waals surface area contributed by atoms with Crippen molar-refractivity contribution in [1.82, 2.24) is 0 Å². The molecule has 6 nitrogen and oxygen atoms in total. The summed E-state index contributed by atoms with van der Waals surface area (Å²) < 4.78 is 9.60. The van der Waals surface area contributed by atoms with Gasteiger partial charge >= 0.3 is 12.1 Å². The number of para-hydroxylation sites is 1. The Balaban J connectivity index is 2.47. The third-order valence-electron chi connectivity index (χ3n) is 2.84. The second-order valence-corrected chi connectivity index (χ2v) is 3.93. The Labute approximate surface area is 110 Å². The summed E-state index contributed by atoms with van der Waals surface area (Å²) in [5.41, 5.74) is 0.551. The molecule has 0 bridgehead atoms. The van der Waals surface area contributed by atoms with Crippen molar-refractivity contribution in [2.45, 2.75) is 12.5 Å². The van der Waals surface area contributed by atoms with E-state index in [1.807, 2.05) is 6.07 Å². The van der Waals surface area contributed by atoms with Crippen LogP contribution in [0.3, 0.4) is 0 Å². The van der Waals surface area contributed by atoms with Gasteiger partial charge in [0.25, 0.3) is 0 Å². The van der Waals surface area contributed by atoms with Crippen molar-refractivity contribution in [2.75, 3.05) is 18.6 Å². The highest BCUT2D eigenvalue weighted by Gasteiger charge is 2.33. The third-order valence-corrected chi connectivity index (χ3v) is 2.84. The van der Waals surface area contributed by atoms with E-state index in [9.17, 15) is 9.59 Å². The SMILES string of the molecule is COC(=O)c1ccccc1N1C(=O)OCCC1C#N. The zero-order valence-electron chi connectivity index (χ0n) is 10.3. The minimum Gasteiger partial charge on any atom is -0.465 e. The van der Waals surface area contributed by atoms with Gasteiger partial charge in [0.05, 0.1) is 31.0 Å². The smallest absolute Gasteiger partial charge is 0.415 e. The topological polar surface area (TPSA) is 79.6 Å². The molecule has 0 N–H and O–H groups in total. The number of rotatable bonds is 2. The average Bonchev–Trinajstić information content (AvgIpc) is 2.46. The normalized spacial score (nSPS) is 18.4. The van der Waals surface area contributed by atoms with Gasteiger partial charge in [-0.05, 0) is 12.1 Å². The van der Waals surface area contributed by atoms with E-state index in [1.54, 1.807) is 18.2 Å². The molecule has 19 heavy (non-hydrogen) atoms. The van der Waals surface area contributed by atoms with E-state index in [1.165, 1.54) is 18.1 Å². The Kier molecular flexibility index (Phi) is 3.66. The summed E-state index contributed by atoms with van der Waals surface area (Å²) in [6.45, 7) is 0.202. The Morgan fingerprint density at radius 2 is 2.26 bits per heavy atom. The van der Waals surface area contributed by atoms with Gasteiger partial charge in [0.2, 0.25) is 0 Å². The maximum atomic E-state index is 11.8. The third kappa shape index (κ3) is 2.36. The van der Waals surface area contributed by atoms with Crippen LogP contribution in [0.2, 0.25) is 0 Å². The lowest BCUT2D eigenvalue weighted by atomic mass is 10.1. The first-order valence-corrected chi connectivity index (χ1v) is 5.72. The Hall–Kier alpha value is -2.55. The van der Waals surface area contributed by atoms with Crippen molar-refractivity contribution in [2.24, 2.45) is 0 Å². The van der Waals surface area contributed by atoms with Crippen LogP contribution in [0.15, 0.2) is 24.3 Å². The van der Waals surface area contributed by atoms with E-state index in [0.29, 0.717) is 12.1 Å². The van der Waals surface area contributed by atoms with Crippen LogP contribution in [0.25, 0.3) is 0 Å².